The second-order valence-electron chi connectivity index (χ2n) is 4.04. The van der Waals surface area contributed by atoms with Crippen LogP contribution in [0.15, 0.2) is 30.5 Å². The Morgan fingerprint density at radius 3 is 2.35 bits per heavy atom. The molecule has 0 saturated carbocycles. The molecule has 0 fully saturated rings. The minimum atomic E-state index is -0.463. The van der Waals surface area contributed by atoms with Crippen molar-refractivity contribution >= 4 is 22.7 Å². The van der Waals surface area contributed by atoms with E-state index in [9.17, 15) is 9.59 Å². The van der Waals surface area contributed by atoms with Crippen molar-refractivity contribution in [2.24, 2.45) is 0 Å². The average molecular weight is 477 g/mol. The van der Waals surface area contributed by atoms with Crippen molar-refractivity contribution < 1.29 is 56.5 Å². The monoisotopic (exact) mass is 478 g/mol. The van der Waals surface area contributed by atoms with Crippen LogP contribution >= 0.6 is 0 Å². The van der Waals surface area contributed by atoms with Gasteiger partial charge < -0.3 is 20.4 Å². The molecule has 23 heavy (non-hydrogen) atoms. The molecule has 0 bridgehead atoms. The first-order valence-corrected chi connectivity index (χ1v) is 7.66. The number of para-hydroxylation sites is 1. The normalized spacial score (nSPS) is 8.57. The molecule has 2 N–H and O–H groups in total. The Kier molecular flexibility index (Phi) is 15.7. The Labute approximate surface area is 177 Å². The van der Waals surface area contributed by atoms with Gasteiger partial charge in [-0.2, -0.15) is 0 Å². The summed E-state index contributed by atoms with van der Waals surface area (Å²) in [4.78, 5) is 25.1. The third-order valence-electron chi connectivity index (χ3n) is 2.56. The Morgan fingerprint density at radius 2 is 1.74 bits per heavy atom. The first kappa shape index (κ1) is 24.5. The number of aromatic amines is 1. The van der Waals surface area contributed by atoms with Gasteiger partial charge in [0, 0.05) is 70.6 Å². The molecule has 2 amide bonds. The number of nitrogens with zero attached hydrogens (tertiary/aromatic N) is 1. The van der Waals surface area contributed by atoms with Gasteiger partial charge in [0.15, 0.2) is 6.03 Å². The van der Waals surface area contributed by atoms with E-state index in [1.807, 2.05) is 58.2 Å². The van der Waals surface area contributed by atoms with E-state index in [4.69, 9.17) is 0 Å². The standard InChI is InChI=1S/C13H15N3O2.2C2H6.Yb/c1-9(17)6-15-13(18)16-8-10-7-14-12-5-3-2-4-11(10)12;2*1-2;/h2-5,7,14H,6,8H2,1H3,(H2,15,16,18);2*1-2H3;/p-1. The molecule has 1 aromatic heterocycles. The molecule has 0 aliphatic heterocycles. The number of carbonyl (C=O) groups is 2. The summed E-state index contributed by atoms with van der Waals surface area (Å²) in [7, 11) is 0. The predicted octanol–water partition coefficient (Wildman–Crippen LogP) is 4.39. The maximum absolute atomic E-state index is 11.3. The number of fused-ring (bicyclic) bond motifs is 1. The molecule has 0 unspecified atom stereocenters. The number of H-pyrrole nitrogens is 1. The summed E-state index contributed by atoms with van der Waals surface area (Å²) in [5.74, 6) is -0.0920. The zero-order chi connectivity index (χ0) is 17.0. The van der Waals surface area contributed by atoms with Gasteiger partial charge in [0.25, 0.3) is 0 Å². The average Bonchev–Trinajstić information content (AvgIpc) is 2.98. The smallest absolute Gasteiger partial charge is 0.153 e. The molecule has 0 aliphatic carbocycles. The van der Waals surface area contributed by atoms with Crippen LogP contribution in [-0.4, -0.2) is 23.3 Å². The van der Waals surface area contributed by atoms with E-state index in [1.165, 1.54) is 6.92 Å². The van der Waals surface area contributed by atoms with Gasteiger partial charge in [0.1, 0.15) is 5.78 Å². The van der Waals surface area contributed by atoms with Crippen LogP contribution in [0.2, 0.25) is 0 Å². The second-order valence-corrected chi connectivity index (χ2v) is 4.04. The van der Waals surface area contributed by atoms with E-state index in [-0.39, 0.29) is 59.3 Å². The van der Waals surface area contributed by atoms with Gasteiger partial charge >= 0.3 is 0 Å². The quantitative estimate of drug-likeness (QED) is 0.685. The van der Waals surface area contributed by atoms with Gasteiger partial charge in [0.05, 0.1) is 0 Å². The van der Waals surface area contributed by atoms with Crippen molar-refractivity contribution in [3.05, 3.63) is 41.3 Å². The first-order valence-electron chi connectivity index (χ1n) is 7.66. The summed E-state index contributed by atoms with van der Waals surface area (Å²) in [5, 5.41) is 7.35. The number of nitrogens with one attached hydrogen (secondary N) is 2. The van der Waals surface area contributed by atoms with Crippen molar-refractivity contribution in [3.63, 3.8) is 0 Å². The SMILES string of the molecule is CC.CC.CC(=O)CNC(=O)[N-]Cc1c[nH]c2ccccc12.[Yb]. The van der Waals surface area contributed by atoms with E-state index in [0.29, 0.717) is 6.54 Å². The summed E-state index contributed by atoms with van der Waals surface area (Å²) in [6.45, 7) is 9.74. The minimum Gasteiger partial charge on any atom is -0.442 e. The Balaban J connectivity index is 0. The molecule has 5 nitrogen and oxygen atoms in total. The van der Waals surface area contributed by atoms with Crippen LogP contribution in [-0.2, 0) is 11.3 Å². The fourth-order valence-electron chi connectivity index (χ4n) is 1.68. The molecule has 1 heterocycles. The summed E-state index contributed by atoms with van der Waals surface area (Å²) in [5.41, 5.74) is 1.98. The third kappa shape index (κ3) is 9.18. The molecule has 0 radical (unpaired) electrons. The van der Waals surface area contributed by atoms with Crippen LogP contribution in [0.5, 0.6) is 0 Å². The van der Waals surface area contributed by atoms with Crippen molar-refractivity contribution in [2.45, 2.75) is 41.2 Å². The van der Waals surface area contributed by atoms with Crippen LogP contribution < -0.4 is 5.32 Å². The van der Waals surface area contributed by atoms with E-state index in [1.54, 1.807) is 0 Å². The van der Waals surface area contributed by atoms with Gasteiger partial charge in [-0.15, -0.1) is 0 Å². The second kappa shape index (κ2) is 14.8. The summed E-state index contributed by atoms with van der Waals surface area (Å²) < 4.78 is 0. The van der Waals surface area contributed by atoms with Crippen molar-refractivity contribution in [3.8, 4) is 0 Å². The Hall–Kier alpha value is -0.781. The van der Waals surface area contributed by atoms with Gasteiger partial charge in [-0.1, -0.05) is 45.9 Å². The molecule has 0 aliphatic rings. The fraction of sp³-hybridized carbons (Fsp3) is 0.412. The number of hydrogen-bond acceptors (Lipinski definition) is 2. The van der Waals surface area contributed by atoms with Gasteiger partial charge in [-0.05, 0) is 25.1 Å². The number of Topliss-reactive ketones (excluding diaryl/α,β-unsaturated/α-hetero) is 1. The largest absolute Gasteiger partial charge is 0.442 e. The van der Waals surface area contributed by atoms with Crippen molar-refractivity contribution in [1.82, 2.24) is 10.3 Å². The molecular formula is C17H26N3O2Yb-. The molecular weight excluding hydrogens is 451 g/mol. The van der Waals surface area contributed by atoms with Crippen molar-refractivity contribution in [1.29, 1.82) is 0 Å². The molecule has 136 valence electrons. The molecule has 1 aromatic carbocycles. The molecule has 2 aromatic rings. The zero-order valence-corrected chi connectivity index (χ0v) is 16.0. The van der Waals surface area contributed by atoms with Gasteiger partial charge in [0.2, 0.25) is 0 Å². The summed E-state index contributed by atoms with van der Waals surface area (Å²) in [6.07, 6.45) is 1.84. The van der Waals surface area contributed by atoms with Crippen LogP contribution in [0, 0.1) is 46.9 Å². The topological polar surface area (TPSA) is 76.1 Å². The number of ketones is 1. The molecule has 2 rings (SSSR count). The first-order chi connectivity index (χ1) is 10.7. The van der Waals surface area contributed by atoms with E-state index in [2.05, 4.69) is 15.6 Å². The molecule has 0 saturated heterocycles. The van der Waals surface area contributed by atoms with E-state index >= 15 is 0 Å². The zero-order valence-electron chi connectivity index (χ0n) is 14.3. The Morgan fingerprint density at radius 1 is 1.13 bits per heavy atom. The number of benzene rings is 1. The number of aromatic nitrogens is 1. The number of hydrogen-bond donors (Lipinski definition) is 2. The number of urea groups is 1. The van der Waals surface area contributed by atoms with Crippen LogP contribution in [0.4, 0.5) is 4.79 Å². The molecule has 6 heteroatoms. The van der Waals surface area contributed by atoms with Crippen LogP contribution in [0.25, 0.3) is 16.2 Å². The number of carbonyl (C=O) groups excluding carboxylic acids is 2. The summed E-state index contributed by atoms with van der Waals surface area (Å²) in [6, 6.07) is 7.36. The van der Waals surface area contributed by atoms with Crippen molar-refractivity contribution in [2.75, 3.05) is 6.54 Å². The third-order valence-corrected chi connectivity index (χ3v) is 2.56. The minimum absolute atomic E-state index is 0. The van der Waals surface area contributed by atoms with E-state index < -0.39 is 6.03 Å². The number of amides is 2. The Bertz CT molecular complexity index is 582. The van der Waals surface area contributed by atoms with Gasteiger partial charge in [-0.3, -0.25) is 4.79 Å². The fourth-order valence-corrected chi connectivity index (χ4v) is 1.68. The van der Waals surface area contributed by atoms with E-state index in [0.717, 1.165) is 16.5 Å². The van der Waals surface area contributed by atoms with Gasteiger partial charge in [-0.25, -0.2) is 0 Å². The van der Waals surface area contributed by atoms with Crippen LogP contribution in [0.1, 0.15) is 40.2 Å². The molecule has 0 spiro atoms. The summed E-state index contributed by atoms with van der Waals surface area (Å²) >= 11 is 0. The predicted molar refractivity (Wildman–Crippen MR) is 92.1 cm³/mol. The van der Waals surface area contributed by atoms with Crippen LogP contribution in [0.3, 0.4) is 0 Å². The maximum Gasteiger partial charge on any atom is 0.153 e. The maximum atomic E-state index is 11.3. The number of rotatable bonds is 4. The molecule has 0 atom stereocenters.